The van der Waals surface area contributed by atoms with Gasteiger partial charge < -0.3 is 10.1 Å². The average Bonchev–Trinajstić information content (AvgIpc) is 3.38. The summed E-state index contributed by atoms with van der Waals surface area (Å²) < 4.78 is 22.1. The van der Waals surface area contributed by atoms with Gasteiger partial charge in [-0.2, -0.15) is 10.2 Å². The molecule has 0 radical (unpaired) electrons. The van der Waals surface area contributed by atoms with Crippen molar-refractivity contribution in [3.63, 3.8) is 0 Å². The Labute approximate surface area is 183 Å². The quantitative estimate of drug-likeness (QED) is 0.459. The van der Waals surface area contributed by atoms with Crippen molar-refractivity contribution in [1.82, 2.24) is 19.6 Å². The summed E-state index contributed by atoms with van der Waals surface area (Å²) >= 11 is 6.12. The zero-order valence-corrected chi connectivity index (χ0v) is 17.4. The van der Waals surface area contributed by atoms with Crippen molar-refractivity contribution in [2.45, 2.75) is 20.2 Å². The summed E-state index contributed by atoms with van der Waals surface area (Å²) in [5, 5.41) is 11.7. The summed E-state index contributed by atoms with van der Waals surface area (Å²) in [5.74, 6) is 0.219. The number of carbonyl (C=O) groups excluding carboxylic acids is 1. The smallest absolute Gasteiger partial charge is 0.277 e. The minimum Gasteiger partial charge on any atom is -0.470 e. The minimum atomic E-state index is -0.400. The lowest BCUT2D eigenvalue weighted by atomic mass is 10.2. The molecular weight excluding hydrogens is 421 g/mol. The highest BCUT2D eigenvalue weighted by Crippen LogP contribution is 2.25. The normalized spacial score (nSPS) is 10.8. The third-order valence-corrected chi connectivity index (χ3v) is 4.74. The number of rotatable bonds is 7. The number of carbonyl (C=O) groups is 1. The van der Waals surface area contributed by atoms with Gasteiger partial charge >= 0.3 is 0 Å². The monoisotopic (exact) mass is 439 g/mol. The van der Waals surface area contributed by atoms with E-state index in [1.165, 1.54) is 16.8 Å². The standard InChI is InChI=1S/C22H19ClFN5O2/c1-15-5-6-18(23)20(11-15)31-14-29-9-7-19(26-29)22(30)25-21-8-10-28(27-21)13-16-3-2-4-17(24)12-16/h2-12H,13-14H2,1H3,(H,25,27,30). The average molecular weight is 440 g/mol. The lowest BCUT2D eigenvalue weighted by Crippen LogP contribution is -2.15. The summed E-state index contributed by atoms with van der Waals surface area (Å²) in [6.45, 7) is 2.44. The van der Waals surface area contributed by atoms with E-state index in [4.69, 9.17) is 16.3 Å². The molecule has 1 N–H and O–H groups in total. The van der Waals surface area contributed by atoms with E-state index in [0.29, 0.717) is 23.1 Å². The van der Waals surface area contributed by atoms with E-state index in [2.05, 4.69) is 15.5 Å². The van der Waals surface area contributed by atoms with Crippen molar-refractivity contribution in [2.24, 2.45) is 0 Å². The van der Waals surface area contributed by atoms with Crippen LogP contribution in [0.2, 0.25) is 5.02 Å². The Balaban J connectivity index is 1.35. The van der Waals surface area contributed by atoms with Crippen LogP contribution in [0.25, 0.3) is 0 Å². The number of nitrogens with one attached hydrogen (secondary N) is 1. The first-order valence-electron chi connectivity index (χ1n) is 9.48. The zero-order valence-electron chi connectivity index (χ0n) is 16.6. The van der Waals surface area contributed by atoms with Gasteiger partial charge in [-0.1, -0.05) is 29.8 Å². The number of nitrogens with zero attached hydrogens (tertiary/aromatic N) is 4. The van der Waals surface area contributed by atoms with Gasteiger partial charge in [0.15, 0.2) is 18.2 Å². The number of anilines is 1. The largest absolute Gasteiger partial charge is 0.470 e. The number of benzene rings is 2. The summed E-state index contributed by atoms with van der Waals surface area (Å²) in [7, 11) is 0. The maximum Gasteiger partial charge on any atom is 0.277 e. The number of ether oxygens (including phenoxy) is 1. The molecule has 0 aliphatic carbocycles. The van der Waals surface area contributed by atoms with Gasteiger partial charge in [-0.25, -0.2) is 9.07 Å². The molecule has 2 aromatic heterocycles. The van der Waals surface area contributed by atoms with Crippen molar-refractivity contribution in [3.8, 4) is 5.75 Å². The zero-order chi connectivity index (χ0) is 21.8. The maximum atomic E-state index is 13.3. The van der Waals surface area contributed by atoms with Crippen LogP contribution >= 0.6 is 11.6 Å². The molecule has 0 fully saturated rings. The molecule has 4 aromatic rings. The fraction of sp³-hybridized carbons (Fsp3) is 0.136. The molecule has 0 spiro atoms. The highest BCUT2D eigenvalue weighted by Gasteiger charge is 2.12. The molecule has 0 unspecified atom stereocenters. The number of aryl methyl sites for hydroxylation is 1. The molecule has 2 aromatic carbocycles. The van der Waals surface area contributed by atoms with Crippen LogP contribution in [-0.2, 0) is 13.3 Å². The molecule has 0 atom stereocenters. The van der Waals surface area contributed by atoms with Crippen LogP contribution in [0.1, 0.15) is 21.6 Å². The second-order valence-electron chi connectivity index (χ2n) is 6.93. The number of amides is 1. The van der Waals surface area contributed by atoms with Crippen molar-refractivity contribution in [2.75, 3.05) is 5.32 Å². The second-order valence-corrected chi connectivity index (χ2v) is 7.34. The summed E-state index contributed by atoms with van der Waals surface area (Å²) in [6.07, 6.45) is 3.35. The van der Waals surface area contributed by atoms with Crippen molar-refractivity contribution < 1.29 is 13.9 Å². The van der Waals surface area contributed by atoms with Crippen LogP contribution in [0.4, 0.5) is 10.2 Å². The van der Waals surface area contributed by atoms with Crippen LogP contribution in [0, 0.1) is 12.7 Å². The summed E-state index contributed by atoms with van der Waals surface area (Å²) in [4.78, 5) is 12.5. The molecule has 0 bridgehead atoms. The molecule has 0 saturated heterocycles. The Morgan fingerprint density at radius 1 is 1.10 bits per heavy atom. The Morgan fingerprint density at radius 2 is 1.94 bits per heavy atom. The molecular formula is C22H19ClFN5O2. The second kappa shape index (κ2) is 9.01. The topological polar surface area (TPSA) is 74.0 Å². The van der Waals surface area contributed by atoms with Crippen LogP contribution < -0.4 is 10.1 Å². The van der Waals surface area contributed by atoms with Crippen molar-refractivity contribution in [3.05, 3.63) is 94.7 Å². The van der Waals surface area contributed by atoms with Gasteiger partial charge in [-0.15, -0.1) is 0 Å². The number of aromatic nitrogens is 4. The lowest BCUT2D eigenvalue weighted by molar-refractivity contribution is 0.101. The van der Waals surface area contributed by atoms with Crippen molar-refractivity contribution in [1.29, 1.82) is 0 Å². The van der Waals surface area contributed by atoms with E-state index in [9.17, 15) is 9.18 Å². The first kappa shape index (κ1) is 20.6. The highest BCUT2D eigenvalue weighted by molar-refractivity contribution is 6.32. The molecule has 9 heteroatoms. The SMILES string of the molecule is Cc1ccc(Cl)c(OCn2ccc(C(=O)Nc3ccn(Cc4cccc(F)c4)n3)n2)c1. The van der Waals surface area contributed by atoms with Gasteiger partial charge in [0.2, 0.25) is 0 Å². The number of hydrogen-bond donors (Lipinski definition) is 1. The highest BCUT2D eigenvalue weighted by atomic mass is 35.5. The third kappa shape index (κ3) is 5.29. The minimum absolute atomic E-state index is 0.110. The van der Waals surface area contributed by atoms with Crippen LogP contribution in [-0.4, -0.2) is 25.5 Å². The lowest BCUT2D eigenvalue weighted by Gasteiger charge is -2.08. The predicted octanol–water partition coefficient (Wildman–Crippen LogP) is 4.52. The first-order valence-corrected chi connectivity index (χ1v) is 9.86. The van der Waals surface area contributed by atoms with Crippen LogP contribution in [0.3, 0.4) is 0 Å². The van der Waals surface area contributed by atoms with E-state index >= 15 is 0 Å². The van der Waals surface area contributed by atoms with Gasteiger partial charge in [-0.3, -0.25) is 9.48 Å². The molecule has 0 aliphatic rings. The molecule has 4 rings (SSSR count). The van der Waals surface area contributed by atoms with Crippen molar-refractivity contribution >= 4 is 23.3 Å². The van der Waals surface area contributed by atoms with E-state index in [-0.39, 0.29) is 18.2 Å². The van der Waals surface area contributed by atoms with Crippen LogP contribution in [0.5, 0.6) is 5.75 Å². The fourth-order valence-corrected chi connectivity index (χ4v) is 3.10. The molecule has 31 heavy (non-hydrogen) atoms. The van der Waals surface area contributed by atoms with Gasteiger partial charge in [0.25, 0.3) is 5.91 Å². The van der Waals surface area contributed by atoms with Gasteiger partial charge in [0, 0.05) is 18.5 Å². The maximum absolute atomic E-state index is 13.3. The van der Waals surface area contributed by atoms with Gasteiger partial charge in [0.1, 0.15) is 11.6 Å². The Hall–Kier alpha value is -3.65. The molecule has 0 saturated carbocycles. The fourth-order valence-electron chi connectivity index (χ4n) is 2.93. The molecule has 7 nitrogen and oxygen atoms in total. The number of halogens is 2. The van der Waals surface area contributed by atoms with E-state index in [0.717, 1.165) is 11.1 Å². The predicted molar refractivity (Wildman–Crippen MR) is 115 cm³/mol. The molecule has 158 valence electrons. The number of hydrogen-bond acceptors (Lipinski definition) is 4. The van der Waals surface area contributed by atoms with Gasteiger partial charge in [-0.05, 0) is 48.4 Å². The van der Waals surface area contributed by atoms with E-state index in [1.54, 1.807) is 41.3 Å². The molecule has 2 heterocycles. The summed E-state index contributed by atoms with van der Waals surface area (Å²) in [6, 6.07) is 15.0. The Morgan fingerprint density at radius 3 is 2.77 bits per heavy atom. The van der Waals surface area contributed by atoms with E-state index < -0.39 is 5.91 Å². The van der Waals surface area contributed by atoms with Crippen LogP contribution in [0.15, 0.2) is 67.0 Å². The van der Waals surface area contributed by atoms with Gasteiger partial charge in [0.05, 0.1) is 11.6 Å². The van der Waals surface area contributed by atoms with E-state index in [1.807, 2.05) is 25.1 Å². The first-order chi connectivity index (χ1) is 15.0. The third-order valence-electron chi connectivity index (χ3n) is 4.43. The Bertz CT molecular complexity index is 1220. The summed E-state index contributed by atoms with van der Waals surface area (Å²) in [5.41, 5.74) is 2.02. The molecule has 1 amide bonds. The Kier molecular flexibility index (Phi) is 5.99. The molecule has 0 aliphatic heterocycles.